The smallest absolute Gasteiger partial charge is 0.235 e. The Balaban J connectivity index is 4.47. The molecule has 0 aromatic heterocycles. The summed E-state index contributed by atoms with van der Waals surface area (Å²) in [5.41, 5.74) is 0. The van der Waals surface area contributed by atoms with E-state index in [9.17, 15) is 9.59 Å². The summed E-state index contributed by atoms with van der Waals surface area (Å²) in [6.07, 6.45) is 2.74. The predicted molar refractivity (Wildman–Crippen MR) is 51.2 cm³/mol. The van der Waals surface area contributed by atoms with Gasteiger partial charge in [0.1, 0.15) is 11.6 Å². The van der Waals surface area contributed by atoms with Gasteiger partial charge < -0.3 is 5.32 Å². The number of carbonyl (C=O) groups excluding carboxylic acids is 2. The second kappa shape index (κ2) is 5.65. The molecule has 0 aliphatic rings. The van der Waals surface area contributed by atoms with Crippen LogP contribution in [0.4, 0.5) is 0 Å². The molecule has 0 spiro atoms. The van der Waals surface area contributed by atoms with Gasteiger partial charge in [-0.3, -0.25) is 9.59 Å². The highest BCUT2D eigenvalue weighted by atomic mass is 16.2. The molecule has 14 heavy (non-hydrogen) atoms. The molecular weight excluding hydrogens is 182 g/mol. The van der Waals surface area contributed by atoms with Crippen molar-refractivity contribution in [2.24, 2.45) is 10.9 Å². The topological polar surface area (TPSA) is 82.3 Å². The lowest BCUT2D eigenvalue weighted by Crippen LogP contribution is -2.36. The fraction of sp³-hybridized carbons (Fsp3) is 0.333. The van der Waals surface area contributed by atoms with Crippen molar-refractivity contribution in [3.63, 3.8) is 0 Å². The summed E-state index contributed by atoms with van der Waals surface area (Å²) in [5, 5.41) is 10.5. The summed E-state index contributed by atoms with van der Waals surface area (Å²) in [4.78, 5) is 25.4. The van der Waals surface area contributed by atoms with Crippen molar-refractivity contribution in [3.05, 3.63) is 12.7 Å². The fourth-order valence-corrected chi connectivity index (χ4v) is 0.598. The molecule has 1 amide bonds. The molecule has 1 unspecified atom stereocenters. The maximum absolute atomic E-state index is 11.3. The van der Waals surface area contributed by atoms with E-state index < -0.39 is 11.8 Å². The van der Waals surface area contributed by atoms with Crippen LogP contribution in [0.3, 0.4) is 0 Å². The van der Waals surface area contributed by atoms with Crippen LogP contribution in [0.5, 0.6) is 0 Å². The third kappa shape index (κ3) is 3.63. The third-order valence-corrected chi connectivity index (χ3v) is 1.62. The molecule has 0 saturated carbocycles. The normalized spacial score (nSPS) is 12.5. The Bertz CT molecular complexity index is 325. The number of amides is 1. The molecular formula is C9H11N3O2. The number of aliphatic imine (C=N–C) groups is 1. The molecule has 0 bridgehead atoms. The van der Waals surface area contributed by atoms with Gasteiger partial charge >= 0.3 is 0 Å². The minimum absolute atomic E-state index is 0.0469. The Morgan fingerprint density at radius 2 is 2.21 bits per heavy atom. The number of nitrogens with zero attached hydrogens (tertiary/aromatic N) is 2. The predicted octanol–water partition coefficient (Wildman–Crippen LogP) is 0.393. The van der Waals surface area contributed by atoms with Crippen molar-refractivity contribution in [2.75, 3.05) is 0 Å². The van der Waals surface area contributed by atoms with E-state index in [2.05, 4.69) is 16.9 Å². The number of ketones is 1. The minimum Gasteiger partial charge on any atom is -0.309 e. The van der Waals surface area contributed by atoms with Crippen LogP contribution in [0.25, 0.3) is 0 Å². The molecule has 0 aliphatic heterocycles. The van der Waals surface area contributed by atoms with Crippen LogP contribution in [0.15, 0.2) is 17.6 Å². The first kappa shape index (κ1) is 12.0. The Morgan fingerprint density at radius 1 is 1.64 bits per heavy atom. The van der Waals surface area contributed by atoms with Crippen molar-refractivity contribution in [1.82, 2.24) is 5.32 Å². The van der Waals surface area contributed by atoms with Gasteiger partial charge in [0.25, 0.3) is 0 Å². The quantitative estimate of drug-likeness (QED) is 0.304. The van der Waals surface area contributed by atoms with Gasteiger partial charge in [-0.2, -0.15) is 10.3 Å². The molecule has 0 aromatic rings. The Kier molecular flexibility index (Phi) is 4.86. The molecule has 1 atom stereocenters. The van der Waals surface area contributed by atoms with E-state index in [0.717, 1.165) is 0 Å². The van der Waals surface area contributed by atoms with Gasteiger partial charge in [-0.1, -0.05) is 6.58 Å². The molecule has 0 heterocycles. The summed E-state index contributed by atoms with van der Waals surface area (Å²) < 4.78 is 0. The van der Waals surface area contributed by atoms with Gasteiger partial charge in [0, 0.05) is 0 Å². The molecule has 0 radical (unpaired) electrons. The largest absolute Gasteiger partial charge is 0.309 e. The summed E-state index contributed by atoms with van der Waals surface area (Å²) >= 11 is 0. The van der Waals surface area contributed by atoms with Crippen molar-refractivity contribution in [3.8, 4) is 6.19 Å². The second-order valence-electron chi connectivity index (χ2n) is 2.62. The maximum Gasteiger partial charge on any atom is 0.235 e. The van der Waals surface area contributed by atoms with E-state index in [1.165, 1.54) is 26.1 Å². The molecule has 5 heteroatoms. The van der Waals surface area contributed by atoms with Gasteiger partial charge in [-0.05, 0) is 19.9 Å². The number of amidine groups is 1. The summed E-state index contributed by atoms with van der Waals surface area (Å²) in [6, 6.07) is 0. The van der Waals surface area contributed by atoms with Crippen LogP contribution in [-0.2, 0) is 9.59 Å². The van der Waals surface area contributed by atoms with Crippen LogP contribution in [-0.4, -0.2) is 17.5 Å². The van der Waals surface area contributed by atoms with Crippen LogP contribution in [0, 0.1) is 17.4 Å². The molecule has 1 N–H and O–H groups in total. The average molecular weight is 193 g/mol. The average Bonchev–Trinajstić information content (AvgIpc) is 2.15. The number of carbonyl (C=O) groups is 2. The molecule has 0 aliphatic carbocycles. The van der Waals surface area contributed by atoms with Gasteiger partial charge in [0.15, 0.2) is 0 Å². The number of rotatable bonds is 3. The van der Waals surface area contributed by atoms with Gasteiger partial charge in [-0.25, -0.2) is 0 Å². The number of nitrogens with one attached hydrogen (secondary N) is 1. The zero-order chi connectivity index (χ0) is 11.1. The molecule has 0 saturated heterocycles. The monoisotopic (exact) mass is 193 g/mol. The summed E-state index contributed by atoms with van der Waals surface area (Å²) in [7, 11) is 0. The fourth-order valence-electron chi connectivity index (χ4n) is 0.598. The first-order valence-corrected chi connectivity index (χ1v) is 3.93. The highest BCUT2D eigenvalue weighted by Crippen LogP contribution is 1.96. The highest BCUT2D eigenvalue weighted by Gasteiger charge is 2.17. The highest BCUT2D eigenvalue weighted by molar-refractivity contribution is 6.10. The lowest BCUT2D eigenvalue weighted by Gasteiger charge is -2.07. The third-order valence-electron chi connectivity index (χ3n) is 1.62. The van der Waals surface area contributed by atoms with E-state index in [1.54, 1.807) is 0 Å². The Labute approximate surface area is 82.1 Å². The van der Waals surface area contributed by atoms with E-state index in [4.69, 9.17) is 5.26 Å². The molecule has 5 nitrogen and oxygen atoms in total. The lowest BCUT2D eigenvalue weighted by atomic mass is 10.1. The van der Waals surface area contributed by atoms with Crippen LogP contribution < -0.4 is 5.32 Å². The minimum atomic E-state index is -0.751. The van der Waals surface area contributed by atoms with Crippen molar-refractivity contribution in [1.29, 1.82) is 5.26 Å². The van der Waals surface area contributed by atoms with Crippen molar-refractivity contribution < 1.29 is 9.59 Å². The van der Waals surface area contributed by atoms with E-state index in [0.29, 0.717) is 0 Å². The van der Waals surface area contributed by atoms with Crippen molar-refractivity contribution >= 4 is 17.5 Å². The van der Waals surface area contributed by atoms with Gasteiger partial charge in [0.2, 0.25) is 12.1 Å². The zero-order valence-electron chi connectivity index (χ0n) is 8.07. The Morgan fingerprint density at radius 3 is 2.57 bits per heavy atom. The first-order valence-electron chi connectivity index (χ1n) is 3.93. The first-order chi connectivity index (χ1) is 6.52. The van der Waals surface area contributed by atoms with E-state index in [-0.39, 0.29) is 11.6 Å². The summed E-state index contributed by atoms with van der Waals surface area (Å²) in [5.74, 6) is -1.45. The number of nitriles is 1. The van der Waals surface area contributed by atoms with Crippen LogP contribution >= 0.6 is 0 Å². The van der Waals surface area contributed by atoms with Crippen LogP contribution in [0.1, 0.15) is 13.8 Å². The number of hydrogen-bond donors (Lipinski definition) is 1. The number of Topliss-reactive ketones (excluding diaryl/α,β-unsaturated/α-hetero) is 1. The second-order valence-corrected chi connectivity index (χ2v) is 2.62. The van der Waals surface area contributed by atoms with Crippen LogP contribution in [0.2, 0.25) is 0 Å². The van der Waals surface area contributed by atoms with E-state index in [1.807, 2.05) is 0 Å². The molecule has 0 fully saturated rings. The SMILES string of the molecule is C=C/C(=N/C#N)NC(=O)C(C)C(C)=O. The standard InChI is InChI=1S/C9H11N3O2/c1-4-8(11-5-10)12-9(14)6(2)7(3)13/h4,6H,1H2,2-3H3,(H,11,12,14). The van der Waals surface area contributed by atoms with E-state index >= 15 is 0 Å². The Hall–Kier alpha value is -1.96. The molecule has 74 valence electrons. The number of hydrogen-bond acceptors (Lipinski definition) is 4. The van der Waals surface area contributed by atoms with Crippen molar-refractivity contribution in [2.45, 2.75) is 13.8 Å². The van der Waals surface area contributed by atoms with Gasteiger partial charge in [-0.15, -0.1) is 0 Å². The lowest BCUT2D eigenvalue weighted by molar-refractivity contribution is -0.131. The zero-order valence-corrected chi connectivity index (χ0v) is 8.07. The van der Waals surface area contributed by atoms with Gasteiger partial charge in [0.05, 0.1) is 5.92 Å². The molecule has 0 rings (SSSR count). The summed E-state index contributed by atoms with van der Waals surface area (Å²) in [6.45, 7) is 6.15. The molecule has 0 aromatic carbocycles. The maximum atomic E-state index is 11.3.